The number of nitrogens with zero attached hydrogens (tertiary/aromatic N) is 1. The number of hydrogen-bond donors (Lipinski definition) is 2. The molecule has 0 atom stereocenters. The lowest BCUT2D eigenvalue weighted by atomic mass is 9.87. The van der Waals surface area contributed by atoms with E-state index in [1.165, 1.54) is 0 Å². The maximum atomic E-state index is 11.7. The van der Waals surface area contributed by atoms with Crippen molar-refractivity contribution in [2.45, 2.75) is 38.1 Å². The molecule has 1 aliphatic rings. The van der Waals surface area contributed by atoms with Gasteiger partial charge in [0.1, 0.15) is 12.9 Å². The van der Waals surface area contributed by atoms with Crippen LogP contribution in [0.2, 0.25) is 0 Å². The molecular weight excluding hydrogens is 282 g/mol. The first-order chi connectivity index (χ1) is 10.8. The van der Waals surface area contributed by atoms with Gasteiger partial charge in [-0.25, -0.2) is 4.79 Å². The van der Waals surface area contributed by atoms with Crippen molar-refractivity contribution < 1.29 is 14.1 Å². The first kappa shape index (κ1) is 14.6. The van der Waals surface area contributed by atoms with Gasteiger partial charge in [0.2, 0.25) is 0 Å². The molecule has 1 aromatic heterocycles. The standard InChI is InChI=1S/C16H19N3O3/c20-16(21-11-12-4-2-1-3-5-12)18-15-8-14(9-15)17-10-13-6-7-22-19-13/h1-7,14-15,17H,8-11H2,(H,18,20). The third-order valence-electron chi connectivity index (χ3n) is 3.74. The van der Waals surface area contributed by atoms with Crippen LogP contribution < -0.4 is 10.6 Å². The van der Waals surface area contributed by atoms with Crippen LogP contribution in [0.5, 0.6) is 0 Å². The van der Waals surface area contributed by atoms with E-state index in [1.807, 2.05) is 36.4 Å². The lowest BCUT2D eigenvalue weighted by Crippen LogP contribution is -2.52. The molecule has 1 fully saturated rings. The molecular formula is C16H19N3O3. The monoisotopic (exact) mass is 301 g/mol. The van der Waals surface area contributed by atoms with Gasteiger partial charge >= 0.3 is 6.09 Å². The molecule has 0 bridgehead atoms. The summed E-state index contributed by atoms with van der Waals surface area (Å²) in [5.74, 6) is 0. The number of rotatable bonds is 6. The van der Waals surface area contributed by atoms with Crippen molar-refractivity contribution in [3.63, 3.8) is 0 Å². The summed E-state index contributed by atoms with van der Waals surface area (Å²) in [6, 6.07) is 12.1. The molecule has 6 heteroatoms. The lowest BCUT2D eigenvalue weighted by molar-refractivity contribution is 0.125. The minimum absolute atomic E-state index is 0.179. The SMILES string of the molecule is O=C(NC1CC(NCc2ccon2)C1)OCc1ccccc1. The smallest absolute Gasteiger partial charge is 0.407 e. The van der Waals surface area contributed by atoms with Gasteiger partial charge < -0.3 is 19.9 Å². The quantitative estimate of drug-likeness (QED) is 0.855. The highest BCUT2D eigenvalue weighted by molar-refractivity contribution is 5.67. The fourth-order valence-corrected chi connectivity index (χ4v) is 2.41. The number of carbonyl (C=O) groups is 1. The summed E-state index contributed by atoms with van der Waals surface area (Å²) in [6.07, 6.45) is 3.00. The third kappa shape index (κ3) is 4.08. The summed E-state index contributed by atoms with van der Waals surface area (Å²) in [6.45, 7) is 0.986. The minimum Gasteiger partial charge on any atom is -0.445 e. The van der Waals surface area contributed by atoms with Crippen molar-refractivity contribution in [2.75, 3.05) is 0 Å². The normalized spacial score (nSPS) is 20.2. The van der Waals surface area contributed by atoms with Gasteiger partial charge in [-0.05, 0) is 18.4 Å². The Morgan fingerprint density at radius 2 is 2.05 bits per heavy atom. The van der Waals surface area contributed by atoms with Gasteiger partial charge in [0.15, 0.2) is 0 Å². The van der Waals surface area contributed by atoms with Gasteiger partial charge in [-0.3, -0.25) is 0 Å². The molecule has 1 aliphatic carbocycles. The predicted octanol–water partition coefficient (Wildman–Crippen LogP) is 2.22. The van der Waals surface area contributed by atoms with E-state index in [9.17, 15) is 4.79 Å². The molecule has 0 unspecified atom stereocenters. The number of benzene rings is 1. The number of amides is 1. The van der Waals surface area contributed by atoms with Crippen LogP contribution in [-0.2, 0) is 17.9 Å². The average Bonchev–Trinajstić information content (AvgIpc) is 3.01. The van der Waals surface area contributed by atoms with Gasteiger partial charge in [0, 0.05) is 24.7 Å². The summed E-state index contributed by atoms with van der Waals surface area (Å²) in [5.41, 5.74) is 1.87. The Morgan fingerprint density at radius 3 is 2.77 bits per heavy atom. The molecule has 2 N–H and O–H groups in total. The zero-order valence-electron chi connectivity index (χ0n) is 12.2. The summed E-state index contributed by atoms with van der Waals surface area (Å²) in [5, 5.41) is 10.1. The minimum atomic E-state index is -0.358. The van der Waals surface area contributed by atoms with Gasteiger partial charge in [0.25, 0.3) is 0 Å². The number of nitrogens with one attached hydrogen (secondary N) is 2. The predicted molar refractivity (Wildman–Crippen MR) is 79.9 cm³/mol. The number of aromatic nitrogens is 1. The Balaban J connectivity index is 1.29. The van der Waals surface area contributed by atoms with Crippen LogP contribution in [0.1, 0.15) is 24.1 Å². The second kappa shape index (κ2) is 7.09. The van der Waals surface area contributed by atoms with E-state index in [1.54, 1.807) is 6.26 Å². The van der Waals surface area contributed by atoms with Crippen LogP contribution in [0.4, 0.5) is 4.79 Å². The van der Waals surface area contributed by atoms with E-state index in [2.05, 4.69) is 15.8 Å². The molecule has 0 radical (unpaired) electrons. The van der Waals surface area contributed by atoms with Crippen LogP contribution in [0.3, 0.4) is 0 Å². The second-order valence-corrected chi connectivity index (χ2v) is 5.44. The third-order valence-corrected chi connectivity index (χ3v) is 3.74. The van der Waals surface area contributed by atoms with E-state index in [-0.39, 0.29) is 12.1 Å². The van der Waals surface area contributed by atoms with Crippen molar-refractivity contribution in [1.29, 1.82) is 0 Å². The maximum Gasteiger partial charge on any atom is 0.407 e. The molecule has 1 saturated carbocycles. The van der Waals surface area contributed by atoms with Gasteiger partial charge in [-0.15, -0.1) is 0 Å². The van der Waals surface area contributed by atoms with Gasteiger partial charge in [-0.2, -0.15) is 0 Å². The Hall–Kier alpha value is -2.34. The Labute approximate surface area is 128 Å². The number of alkyl carbamates (subject to hydrolysis) is 1. The molecule has 0 saturated heterocycles. The van der Waals surface area contributed by atoms with E-state index < -0.39 is 0 Å². The van der Waals surface area contributed by atoms with Crippen molar-refractivity contribution in [3.05, 3.63) is 53.9 Å². The van der Waals surface area contributed by atoms with Crippen LogP contribution in [0, 0.1) is 0 Å². The molecule has 22 heavy (non-hydrogen) atoms. The van der Waals surface area contributed by atoms with Gasteiger partial charge in [0.05, 0.1) is 5.69 Å². The summed E-state index contributed by atoms with van der Waals surface area (Å²) < 4.78 is 9.97. The highest BCUT2D eigenvalue weighted by Crippen LogP contribution is 2.20. The zero-order chi connectivity index (χ0) is 15.2. The summed E-state index contributed by atoms with van der Waals surface area (Å²) >= 11 is 0. The van der Waals surface area contributed by atoms with Crippen LogP contribution in [-0.4, -0.2) is 23.3 Å². The Kier molecular flexibility index (Phi) is 4.70. The molecule has 3 rings (SSSR count). The maximum absolute atomic E-state index is 11.7. The van der Waals surface area contributed by atoms with Crippen molar-refractivity contribution in [3.8, 4) is 0 Å². The average molecular weight is 301 g/mol. The molecule has 1 amide bonds. The van der Waals surface area contributed by atoms with Crippen molar-refractivity contribution in [1.82, 2.24) is 15.8 Å². The first-order valence-electron chi connectivity index (χ1n) is 7.39. The van der Waals surface area contributed by atoms with Gasteiger partial charge in [-0.1, -0.05) is 35.5 Å². The highest BCUT2D eigenvalue weighted by atomic mass is 16.5. The summed E-state index contributed by atoms with van der Waals surface area (Å²) in [7, 11) is 0. The van der Waals surface area contributed by atoms with Crippen LogP contribution in [0.15, 0.2) is 47.2 Å². The van der Waals surface area contributed by atoms with Crippen molar-refractivity contribution >= 4 is 6.09 Å². The number of ether oxygens (including phenoxy) is 1. The molecule has 6 nitrogen and oxygen atoms in total. The van der Waals surface area contributed by atoms with E-state index in [0.717, 1.165) is 24.1 Å². The van der Waals surface area contributed by atoms with E-state index >= 15 is 0 Å². The highest BCUT2D eigenvalue weighted by Gasteiger charge is 2.30. The number of hydrogen-bond acceptors (Lipinski definition) is 5. The first-order valence-corrected chi connectivity index (χ1v) is 7.39. The summed E-state index contributed by atoms with van der Waals surface area (Å²) in [4.78, 5) is 11.7. The molecule has 1 aromatic carbocycles. The topological polar surface area (TPSA) is 76.4 Å². The fraction of sp³-hybridized carbons (Fsp3) is 0.375. The van der Waals surface area contributed by atoms with E-state index in [4.69, 9.17) is 9.26 Å². The molecule has 1 heterocycles. The Bertz CT molecular complexity index is 580. The lowest BCUT2D eigenvalue weighted by Gasteiger charge is -2.35. The van der Waals surface area contributed by atoms with Crippen LogP contribution in [0.25, 0.3) is 0 Å². The fourth-order valence-electron chi connectivity index (χ4n) is 2.41. The molecule has 0 spiro atoms. The molecule has 2 aromatic rings. The molecule has 0 aliphatic heterocycles. The van der Waals surface area contributed by atoms with Crippen LogP contribution >= 0.6 is 0 Å². The molecule has 116 valence electrons. The largest absolute Gasteiger partial charge is 0.445 e. The van der Waals surface area contributed by atoms with E-state index in [0.29, 0.717) is 19.2 Å². The Morgan fingerprint density at radius 1 is 1.23 bits per heavy atom. The zero-order valence-corrected chi connectivity index (χ0v) is 12.2. The van der Waals surface area contributed by atoms with Crippen molar-refractivity contribution in [2.24, 2.45) is 0 Å². The second-order valence-electron chi connectivity index (χ2n) is 5.44. The number of carbonyl (C=O) groups excluding carboxylic acids is 1.